The summed E-state index contributed by atoms with van der Waals surface area (Å²) in [5.74, 6) is 0.459. The van der Waals surface area contributed by atoms with Crippen LogP contribution >= 0.6 is 0 Å². The van der Waals surface area contributed by atoms with Crippen molar-refractivity contribution in [2.24, 2.45) is 0 Å². The van der Waals surface area contributed by atoms with E-state index in [4.69, 9.17) is 4.98 Å². The van der Waals surface area contributed by atoms with Crippen LogP contribution in [0.1, 0.15) is 53.6 Å². The van der Waals surface area contributed by atoms with Crippen molar-refractivity contribution >= 4 is 16.9 Å². The molecule has 2 aromatic heterocycles. The fourth-order valence-corrected chi connectivity index (χ4v) is 3.83. The molecule has 0 spiro atoms. The number of nitriles is 2. The lowest BCUT2D eigenvalue weighted by Gasteiger charge is -2.18. The van der Waals surface area contributed by atoms with Gasteiger partial charge < -0.3 is 15.3 Å². The van der Waals surface area contributed by atoms with E-state index in [1.165, 1.54) is 6.42 Å². The molecule has 0 bridgehead atoms. The number of aromatic nitrogens is 3. The summed E-state index contributed by atoms with van der Waals surface area (Å²) in [5, 5.41) is 22.6. The number of pyridine rings is 1. The van der Waals surface area contributed by atoms with Crippen molar-refractivity contribution in [3.8, 4) is 12.1 Å². The zero-order valence-corrected chi connectivity index (χ0v) is 15.4. The monoisotopic (exact) mass is 372 g/mol. The van der Waals surface area contributed by atoms with E-state index in [0.29, 0.717) is 23.5 Å². The number of hydrogen-bond donors (Lipinski definition) is 3. The molecule has 2 heterocycles. The Morgan fingerprint density at radius 1 is 1.00 bits per heavy atom. The quantitative estimate of drug-likeness (QED) is 0.651. The number of anilines is 1. The molecule has 0 aliphatic heterocycles. The fraction of sp³-hybridized carbons (Fsp3) is 0.333. The zero-order valence-electron chi connectivity index (χ0n) is 15.4. The van der Waals surface area contributed by atoms with Crippen molar-refractivity contribution in [2.45, 2.75) is 45.1 Å². The standard InChI is InChI=1S/C21H20N6O/c22-10-15-14-5-3-1-2-4-6-17(14)25-20(16(15)11-23)24-12-13-7-8-18-19(9-13)27-21(28)26-18/h7-9H,1-6,12H2,(H,24,25)(H2,26,27,28). The Morgan fingerprint density at radius 3 is 2.54 bits per heavy atom. The van der Waals surface area contributed by atoms with Crippen molar-refractivity contribution in [3.63, 3.8) is 0 Å². The predicted octanol–water partition coefficient (Wildman–Crippen LogP) is 3.27. The van der Waals surface area contributed by atoms with Crippen molar-refractivity contribution in [2.75, 3.05) is 5.32 Å². The van der Waals surface area contributed by atoms with E-state index in [9.17, 15) is 15.3 Å². The van der Waals surface area contributed by atoms with Crippen LogP contribution in [-0.2, 0) is 19.4 Å². The molecule has 28 heavy (non-hydrogen) atoms. The van der Waals surface area contributed by atoms with Gasteiger partial charge in [0.15, 0.2) is 0 Å². The van der Waals surface area contributed by atoms with E-state index in [1.54, 1.807) is 0 Å². The summed E-state index contributed by atoms with van der Waals surface area (Å²) in [4.78, 5) is 21.6. The van der Waals surface area contributed by atoms with Crippen LogP contribution < -0.4 is 11.0 Å². The minimum Gasteiger partial charge on any atom is -0.365 e. The van der Waals surface area contributed by atoms with Crippen molar-refractivity contribution < 1.29 is 0 Å². The Balaban J connectivity index is 1.68. The fourth-order valence-electron chi connectivity index (χ4n) is 3.83. The summed E-state index contributed by atoms with van der Waals surface area (Å²) < 4.78 is 0. The molecular weight excluding hydrogens is 352 g/mol. The molecule has 1 aromatic carbocycles. The van der Waals surface area contributed by atoms with Gasteiger partial charge in [0, 0.05) is 12.2 Å². The highest BCUT2D eigenvalue weighted by Gasteiger charge is 2.20. The Labute approximate surface area is 162 Å². The summed E-state index contributed by atoms with van der Waals surface area (Å²) in [6.45, 7) is 0.439. The molecule has 1 aliphatic rings. The third-order valence-corrected chi connectivity index (χ3v) is 5.24. The third kappa shape index (κ3) is 3.35. The van der Waals surface area contributed by atoms with Gasteiger partial charge in [0.05, 0.1) is 16.6 Å². The number of H-pyrrole nitrogens is 2. The van der Waals surface area contributed by atoms with Crippen LogP contribution in [0.3, 0.4) is 0 Å². The van der Waals surface area contributed by atoms with Crippen LogP contribution in [0.4, 0.5) is 5.82 Å². The second-order valence-electron chi connectivity index (χ2n) is 7.09. The van der Waals surface area contributed by atoms with Gasteiger partial charge in [-0.15, -0.1) is 0 Å². The lowest BCUT2D eigenvalue weighted by atomic mass is 9.91. The number of hydrogen-bond acceptors (Lipinski definition) is 5. The van der Waals surface area contributed by atoms with Crippen LogP contribution in [0.2, 0.25) is 0 Å². The molecule has 7 heteroatoms. The first-order valence-electron chi connectivity index (χ1n) is 9.50. The molecule has 0 radical (unpaired) electrons. The topological polar surface area (TPSA) is 121 Å². The molecule has 0 saturated heterocycles. The van der Waals surface area contributed by atoms with E-state index in [2.05, 4.69) is 27.4 Å². The summed E-state index contributed by atoms with van der Waals surface area (Å²) in [5.41, 5.74) is 4.83. The van der Waals surface area contributed by atoms with Crippen molar-refractivity contribution in [1.29, 1.82) is 10.5 Å². The summed E-state index contributed by atoms with van der Waals surface area (Å²) in [7, 11) is 0. The molecule has 0 unspecified atom stereocenters. The van der Waals surface area contributed by atoms with Gasteiger partial charge in [-0.2, -0.15) is 10.5 Å². The molecule has 0 amide bonds. The number of aromatic amines is 2. The highest BCUT2D eigenvalue weighted by molar-refractivity contribution is 5.75. The number of benzene rings is 1. The molecule has 0 atom stereocenters. The second-order valence-corrected chi connectivity index (χ2v) is 7.09. The molecule has 3 aromatic rings. The van der Waals surface area contributed by atoms with E-state index >= 15 is 0 Å². The third-order valence-electron chi connectivity index (χ3n) is 5.24. The second kappa shape index (κ2) is 7.58. The van der Waals surface area contributed by atoms with E-state index < -0.39 is 0 Å². The molecule has 3 N–H and O–H groups in total. The van der Waals surface area contributed by atoms with Gasteiger partial charge in [-0.3, -0.25) is 0 Å². The van der Waals surface area contributed by atoms with Gasteiger partial charge in [0.2, 0.25) is 0 Å². The number of nitrogens with one attached hydrogen (secondary N) is 3. The van der Waals surface area contributed by atoms with E-state index in [0.717, 1.165) is 60.0 Å². The highest BCUT2D eigenvalue weighted by atomic mass is 16.1. The van der Waals surface area contributed by atoms with Gasteiger partial charge in [-0.1, -0.05) is 18.9 Å². The first-order chi connectivity index (χ1) is 13.7. The Hall–Kier alpha value is -3.58. The molecule has 7 nitrogen and oxygen atoms in total. The van der Waals surface area contributed by atoms with Crippen LogP contribution in [0, 0.1) is 22.7 Å². The summed E-state index contributed by atoms with van der Waals surface area (Å²) in [6, 6.07) is 10.0. The van der Waals surface area contributed by atoms with E-state index in [1.807, 2.05) is 18.2 Å². The SMILES string of the molecule is N#Cc1c(NCc2ccc3[nH]c(=O)[nH]c3c2)nc2c(c1C#N)CCCCCC2. The summed E-state index contributed by atoms with van der Waals surface area (Å²) >= 11 is 0. The van der Waals surface area contributed by atoms with Gasteiger partial charge >= 0.3 is 5.69 Å². The van der Waals surface area contributed by atoms with Crippen LogP contribution in [0.15, 0.2) is 23.0 Å². The van der Waals surface area contributed by atoms with E-state index in [-0.39, 0.29) is 5.69 Å². The molecule has 140 valence electrons. The largest absolute Gasteiger partial charge is 0.365 e. The number of imidazole rings is 1. The number of rotatable bonds is 3. The maximum Gasteiger partial charge on any atom is 0.323 e. The van der Waals surface area contributed by atoms with Crippen molar-refractivity contribution in [1.82, 2.24) is 15.0 Å². The zero-order chi connectivity index (χ0) is 19.5. The average Bonchev–Trinajstić information content (AvgIpc) is 3.05. The van der Waals surface area contributed by atoms with Gasteiger partial charge in [0.25, 0.3) is 0 Å². The average molecular weight is 372 g/mol. The maximum absolute atomic E-state index is 11.4. The highest BCUT2D eigenvalue weighted by Crippen LogP contribution is 2.28. The minimum absolute atomic E-state index is 0.242. The predicted molar refractivity (Wildman–Crippen MR) is 106 cm³/mol. The van der Waals surface area contributed by atoms with Crippen LogP contribution in [0.25, 0.3) is 11.0 Å². The van der Waals surface area contributed by atoms with Gasteiger partial charge in [-0.25, -0.2) is 9.78 Å². The maximum atomic E-state index is 11.4. The Kier molecular flexibility index (Phi) is 4.82. The molecule has 0 saturated carbocycles. The lowest BCUT2D eigenvalue weighted by Crippen LogP contribution is -2.12. The Bertz CT molecular complexity index is 1170. The molecule has 0 fully saturated rings. The van der Waals surface area contributed by atoms with Gasteiger partial charge in [-0.05, 0) is 48.9 Å². The first-order valence-corrected chi connectivity index (χ1v) is 9.50. The molecule has 1 aliphatic carbocycles. The van der Waals surface area contributed by atoms with Crippen molar-refractivity contribution in [3.05, 3.63) is 56.6 Å². The lowest BCUT2D eigenvalue weighted by molar-refractivity contribution is 0.608. The van der Waals surface area contributed by atoms with Crippen LogP contribution in [0.5, 0.6) is 0 Å². The first kappa shape index (κ1) is 17.8. The Morgan fingerprint density at radius 2 is 1.75 bits per heavy atom. The number of aryl methyl sites for hydroxylation is 1. The minimum atomic E-state index is -0.242. The van der Waals surface area contributed by atoms with Crippen LogP contribution in [-0.4, -0.2) is 15.0 Å². The smallest absolute Gasteiger partial charge is 0.323 e. The van der Waals surface area contributed by atoms with Gasteiger partial charge in [0.1, 0.15) is 23.5 Å². The molecular formula is C21H20N6O. The normalized spacial score (nSPS) is 13.8. The molecule has 4 rings (SSSR count). The number of fused-ring (bicyclic) bond motifs is 2. The number of nitrogens with zero attached hydrogens (tertiary/aromatic N) is 3. The summed E-state index contributed by atoms with van der Waals surface area (Å²) in [6.07, 6.45) is 6.03.